The molecule has 0 N–H and O–H groups in total. The van der Waals surface area contributed by atoms with Crippen molar-refractivity contribution < 1.29 is 17.9 Å². The molecule has 1 fully saturated rings. The molecule has 1 aliphatic heterocycles. The Hall–Kier alpha value is -3.17. The molecular weight excluding hydrogens is 428 g/mol. The molecule has 0 bridgehead atoms. The second kappa shape index (κ2) is 8.76. The normalized spacial score (nSPS) is 15.0. The number of benzene rings is 2. The molecule has 2 heterocycles. The van der Waals surface area contributed by atoms with Crippen LogP contribution >= 0.6 is 0 Å². The lowest BCUT2D eigenvalue weighted by Gasteiger charge is -2.33. The Morgan fingerprint density at radius 1 is 0.969 bits per heavy atom. The van der Waals surface area contributed by atoms with Crippen LogP contribution in [0.1, 0.15) is 21.6 Å². The summed E-state index contributed by atoms with van der Waals surface area (Å²) in [6.07, 6.45) is 1.67. The zero-order chi connectivity index (χ0) is 22.9. The molecule has 2 aromatic carbocycles. The van der Waals surface area contributed by atoms with Crippen molar-refractivity contribution in [2.45, 2.75) is 18.7 Å². The molecule has 0 radical (unpaired) electrons. The van der Waals surface area contributed by atoms with Gasteiger partial charge in [-0.25, -0.2) is 13.1 Å². The van der Waals surface area contributed by atoms with E-state index in [0.29, 0.717) is 5.75 Å². The highest BCUT2D eigenvalue weighted by Crippen LogP contribution is 2.24. The molecule has 0 atom stereocenters. The molecule has 1 aliphatic rings. The van der Waals surface area contributed by atoms with Crippen LogP contribution in [0.25, 0.3) is 5.69 Å². The van der Waals surface area contributed by atoms with E-state index in [4.69, 9.17) is 4.74 Å². The van der Waals surface area contributed by atoms with Gasteiger partial charge in [-0.2, -0.15) is 9.40 Å². The van der Waals surface area contributed by atoms with E-state index in [0.717, 1.165) is 16.8 Å². The smallest absolute Gasteiger partial charge is 0.278 e. The highest BCUT2D eigenvalue weighted by molar-refractivity contribution is 7.89. The summed E-state index contributed by atoms with van der Waals surface area (Å²) in [5, 5.41) is 4.43. The van der Waals surface area contributed by atoms with Crippen LogP contribution in [0, 0.1) is 13.8 Å². The Kier molecular flexibility index (Phi) is 6.03. The summed E-state index contributed by atoms with van der Waals surface area (Å²) in [6, 6.07) is 14.6. The number of piperazine rings is 1. The van der Waals surface area contributed by atoms with Crippen LogP contribution in [0.2, 0.25) is 0 Å². The van der Waals surface area contributed by atoms with E-state index >= 15 is 0 Å². The van der Waals surface area contributed by atoms with E-state index in [1.807, 2.05) is 50.2 Å². The Labute approximate surface area is 188 Å². The summed E-state index contributed by atoms with van der Waals surface area (Å²) in [4.78, 5) is 15.0. The maximum absolute atomic E-state index is 13.1. The molecule has 4 rings (SSSR count). The number of nitrogens with zero attached hydrogens (tertiary/aromatic N) is 4. The Balaban J connectivity index is 1.49. The predicted molar refractivity (Wildman–Crippen MR) is 121 cm³/mol. The third-order valence-electron chi connectivity index (χ3n) is 5.77. The summed E-state index contributed by atoms with van der Waals surface area (Å²) >= 11 is 0. The van der Waals surface area contributed by atoms with E-state index in [1.165, 1.54) is 11.4 Å². The number of amides is 1. The van der Waals surface area contributed by atoms with Gasteiger partial charge in [-0.05, 0) is 49.2 Å². The summed E-state index contributed by atoms with van der Waals surface area (Å²) < 4.78 is 34.5. The fraction of sp³-hybridized carbons (Fsp3) is 0.304. The van der Waals surface area contributed by atoms with Crippen LogP contribution in [0.3, 0.4) is 0 Å². The number of aromatic nitrogens is 2. The van der Waals surface area contributed by atoms with Gasteiger partial charge >= 0.3 is 0 Å². The molecule has 3 aromatic rings. The van der Waals surface area contributed by atoms with Gasteiger partial charge in [0.2, 0.25) is 10.0 Å². The van der Waals surface area contributed by atoms with Crippen molar-refractivity contribution in [3.63, 3.8) is 0 Å². The van der Waals surface area contributed by atoms with Gasteiger partial charge in [0.05, 0.1) is 23.9 Å². The van der Waals surface area contributed by atoms with E-state index in [-0.39, 0.29) is 42.7 Å². The average molecular weight is 455 g/mol. The molecule has 1 amide bonds. The number of hydrogen-bond acceptors (Lipinski definition) is 5. The van der Waals surface area contributed by atoms with Crippen molar-refractivity contribution >= 4 is 15.9 Å². The summed E-state index contributed by atoms with van der Waals surface area (Å²) in [6.45, 7) is 4.86. The number of methoxy groups -OCH3 is 1. The zero-order valence-electron chi connectivity index (χ0n) is 18.4. The van der Waals surface area contributed by atoms with Crippen LogP contribution in [-0.4, -0.2) is 66.6 Å². The van der Waals surface area contributed by atoms with Crippen molar-refractivity contribution in [2.75, 3.05) is 33.3 Å². The van der Waals surface area contributed by atoms with E-state index in [9.17, 15) is 13.2 Å². The number of aryl methyl sites for hydroxylation is 2. The fourth-order valence-corrected chi connectivity index (χ4v) is 5.18. The molecular formula is C23H26N4O4S. The van der Waals surface area contributed by atoms with E-state index in [2.05, 4.69) is 5.10 Å². The number of para-hydroxylation sites is 1. The lowest BCUT2D eigenvalue weighted by Crippen LogP contribution is -2.50. The first-order valence-electron chi connectivity index (χ1n) is 10.4. The second-order valence-corrected chi connectivity index (χ2v) is 9.71. The Morgan fingerprint density at radius 2 is 1.66 bits per heavy atom. The molecule has 9 heteroatoms. The molecule has 0 aliphatic carbocycles. The second-order valence-electron chi connectivity index (χ2n) is 7.77. The van der Waals surface area contributed by atoms with Gasteiger partial charge in [-0.15, -0.1) is 0 Å². The topological polar surface area (TPSA) is 84.7 Å². The highest BCUT2D eigenvalue weighted by Gasteiger charge is 2.32. The summed E-state index contributed by atoms with van der Waals surface area (Å²) in [5.41, 5.74) is 3.00. The number of carbonyl (C=O) groups is 1. The van der Waals surface area contributed by atoms with Gasteiger partial charge in [-0.3, -0.25) is 4.79 Å². The number of rotatable bonds is 5. The van der Waals surface area contributed by atoms with Crippen molar-refractivity contribution in [2.24, 2.45) is 0 Å². The van der Waals surface area contributed by atoms with Crippen LogP contribution < -0.4 is 4.74 Å². The molecule has 8 nitrogen and oxygen atoms in total. The molecule has 1 saturated heterocycles. The van der Waals surface area contributed by atoms with Crippen LogP contribution in [0.15, 0.2) is 59.6 Å². The first-order valence-corrected chi connectivity index (χ1v) is 11.8. The first kappa shape index (κ1) is 22.0. The standard InChI is InChI=1S/C23H26N4O4S/c1-17-9-10-20(15-18(17)2)32(29,30)26-13-11-25(12-14-26)23(28)22-21(31-3)16-27(24-22)19-7-5-4-6-8-19/h4-10,15-16H,11-14H2,1-3H3. The van der Waals surface area contributed by atoms with Crippen LogP contribution in [0.5, 0.6) is 5.75 Å². The van der Waals surface area contributed by atoms with Crippen molar-refractivity contribution in [1.29, 1.82) is 0 Å². The lowest BCUT2D eigenvalue weighted by molar-refractivity contribution is 0.0688. The minimum atomic E-state index is -3.61. The largest absolute Gasteiger partial charge is 0.493 e. The summed E-state index contributed by atoms with van der Waals surface area (Å²) in [5.74, 6) is 0.101. The summed E-state index contributed by atoms with van der Waals surface area (Å²) in [7, 11) is -2.11. The average Bonchev–Trinajstić information content (AvgIpc) is 3.25. The SMILES string of the molecule is COc1cn(-c2ccccc2)nc1C(=O)N1CCN(S(=O)(=O)c2ccc(C)c(C)c2)CC1. The minimum Gasteiger partial charge on any atom is -0.493 e. The van der Waals surface area contributed by atoms with Gasteiger partial charge in [0.15, 0.2) is 11.4 Å². The van der Waals surface area contributed by atoms with Gasteiger partial charge in [-0.1, -0.05) is 24.3 Å². The van der Waals surface area contributed by atoms with E-state index in [1.54, 1.807) is 27.9 Å². The van der Waals surface area contributed by atoms with Gasteiger partial charge < -0.3 is 9.64 Å². The third kappa shape index (κ3) is 4.13. The molecule has 32 heavy (non-hydrogen) atoms. The van der Waals surface area contributed by atoms with Crippen molar-refractivity contribution in [1.82, 2.24) is 19.0 Å². The number of ether oxygens (including phenoxy) is 1. The number of carbonyl (C=O) groups excluding carboxylic acids is 1. The molecule has 0 spiro atoms. The molecule has 0 saturated carbocycles. The van der Waals surface area contributed by atoms with Gasteiger partial charge in [0.25, 0.3) is 5.91 Å². The van der Waals surface area contributed by atoms with E-state index < -0.39 is 10.0 Å². The van der Waals surface area contributed by atoms with Crippen LogP contribution in [0.4, 0.5) is 0 Å². The molecule has 1 aromatic heterocycles. The first-order chi connectivity index (χ1) is 15.3. The molecule has 168 valence electrons. The lowest BCUT2D eigenvalue weighted by atomic mass is 10.1. The number of hydrogen-bond donors (Lipinski definition) is 0. The van der Waals surface area contributed by atoms with Gasteiger partial charge in [0, 0.05) is 26.2 Å². The zero-order valence-corrected chi connectivity index (χ0v) is 19.2. The fourth-order valence-electron chi connectivity index (χ4n) is 3.67. The monoisotopic (exact) mass is 454 g/mol. The minimum absolute atomic E-state index is 0.210. The molecule has 0 unspecified atom stereocenters. The maximum atomic E-state index is 13.1. The quantitative estimate of drug-likeness (QED) is 0.592. The number of sulfonamides is 1. The highest BCUT2D eigenvalue weighted by atomic mass is 32.2. The van der Waals surface area contributed by atoms with Crippen molar-refractivity contribution in [3.8, 4) is 11.4 Å². The maximum Gasteiger partial charge on any atom is 0.278 e. The van der Waals surface area contributed by atoms with Crippen LogP contribution in [-0.2, 0) is 10.0 Å². The Morgan fingerprint density at radius 3 is 2.28 bits per heavy atom. The van der Waals surface area contributed by atoms with Crippen molar-refractivity contribution in [3.05, 3.63) is 71.5 Å². The third-order valence-corrected chi connectivity index (χ3v) is 7.66. The predicted octanol–water partition coefficient (Wildman–Crippen LogP) is 2.64. The Bertz CT molecular complexity index is 1230. The van der Waals surface area contributed by atoms with Gasteiger partial charge in [0.1, 0.15) is 0 Å².